The fourth-order valence-electron chi connectivity index (χ4n) is 5.94. The van der Waals surface area contributed by atoms with Gasteiger partial charge in [-0.25, -0.2) is 4.79 Å². The van der Waals surface area contributed by atoms with E-state index < -0.39 is 41.5 Å². The number of nitrogens with zero attached hydrogens (tertiary/aromatic N) is 1. The zero-order chi connectivity index (χ0) is 25.0. The van der Waals surface area contributed by atoms with Crippen LogP contribution in [0.4, 0.5) is 4.79 Å². The van der Waals surface area contributed by atoms with E-state index >= 15 is 0 Å². The second-order valence-corrected chi connectivity index (χ2v) is 9.19. The minimum absolute atomic E-state index is 0.0369. The van der Waals surface area contributed by atoms with E-state index in [2.05, 4.69) is 0 Å². The van der Waals surface area contributed by atoms with Crippen LogP contribution in [0.25, 0.3) is 0 Å². The van der Waals surface area contributed by atoms with Crippen LogP contribution in [-0.4, -0.2) is 52.6 Å². The van der Waals surface area contributed by atoms with Gasteiger partial charge >= 0.3 is 6.03 Å². The van der Waals surface area contributed by atoms with Gasteiger partial charge in [0.1, 0.15) is 12.4 Å². The number of imide groups is 3. The Bertz CT molecular complexity index is 1290. The predicted molar refractivity (Wildman–Crippen MR) is 122 cm³/mol. The number of nitrogens with two attached hydrogens (primary N) is 1. The average molecular weight is 476 g/mol. The predicted octanol–water partition coefficient (Wildman–Crippen LogP) is 1.57. The maximum Gasteiger partial charge on any atom is 0.328 e. The number of ketones is 2. The number of hydrogen-bond acceptors (Lipinski definition) is 7. The zero-order valence-corrected chi connectivity index (χ0v) is 19.0. The molecule has 3 aliphatic carbocycles. The monoisotopic (exact) mass is 476 g/mol. The number of benzene rings is 1. The van der Waals surface area contributed by atoms with Crippen molar-refractivity contribution < 1.29 is 33.8 Å². The Kier molecular flexibility index (Phi) is 5.52. The van der Waals surface area contributed by atoms with Gasteiger partial charge in [-0.2, -0.15) is 4.90 Å². The van der Waals surface area contributed by atoms with Crippen molar-refractivity contribution in [2.45, 2.75) is 25.7 Å². The van der Waals surface area contributed by atoms with Crippen LogP contribution >= 0.6 is 0 Å². The number of carbonyl (C=O) groups excluding carboxylic acids is 5. The van der Waals surface area contributed by atoms with Crippen molar-refractivity contribution in [1.82, 2.24) is 4.90 Å². The number of ether oxygens (including phenoxy) is 1. The number of amides is 4. The molecule has 180 valence electrons. The fourth-order valence-corrected chi connectivity index (χ4v) is 5.94. The molecule has 1 aliphatic heterocycles. The molecule has 1 heterocycles. The van der Waals surface area contributed by atoms with E-state index in [-0.39, 0.29) is 37.6 Å². The van der Waals surface area contributed by atoms with E-state index in [4.69, 9.17) is 10.5 Å². The van der Waals surface area contributed by atoms with Gasteiger partial charge in [0.25, 0.3) is 0 Å². The standard InChI is InChI=1S/C26H24N2O7/c1-12-10-18(30)17-11-16-13(6-7-15-21(16)25(33)28(24(15)32)26(27)34)20(22(17)23(12)31)14-4-2-3-5-19(14)35-9-8-29/h2-6,10,15-16,20-21,29H,7-9,11H2,1H3,(H2,27,34)/t15-,16+,20+,21-/m0/s1. The summed E-state index contributed by atoms with van der Waals surface area (Å²) in [5, 5.41) is 9.28. The Morgan fingerprint density at radius 1 is 1.14 bits per heavy atom. The molecule has 1 aromatic rings. The molecule has 4 atom stereocenters. The van der Waals surface area contributed by atoms with Gasteiger partial charge in [0.15, 0.2) is 11.6 Å². The highest BCUT2D eigenvalue weighted by Gasteiger charge is 2.57. The third-order valence-electron chi connectivity index (χ3n) is 7.36. The van der Waals surface area contributed by atoms with Crippen molar-refractivity contribution in [1.29, 1.82) is 0 Å². The molecule has 0 bridgehead atoms. The lowest BCUT2D eigenvalue weighted by atomic mass is 9.59. The number of urea groups is 1. The maximum absolute atomic E-state index is 13.4. The Morgan fingerprint density at radius 2 is 1.89 bits per heavy atom. The summed E-state index contributed by atoms with van der Waals surface area (Å²) in [5.74, 6) is -4.26. The van der Waals surface area contributed by atoms with Crippen LogP contribution in [0.3, 0.4) is 0 Å². The SMILES string of the molecule is CC1=CC(=O)C2=C(C1=O)[C@@H](c1ccccc1OCCO)C1=CC[C@@H]3C(=O)N(C(N)=O)C(=O)[C@@H]3[C@@H]1C2. The van der Waals surface area contributed by atoms with Crippen LogP contribution in [0.15, 0.2) is 58.7 Å². The lowest BCUT2D eigenvalue weighted by Crippen LogP contribution is -2.42. The van der Waals surface area contributed by atoms with Crippen molar-refractivity contribution in [3.63, 3.8) is 0 Å². The van der Waals surface area contributed by atoms with Gasteiger partial charge in [0, 0.05) is 28.2 Å². The second-order valence-electron chi connectivity index (χ2n) is 9.19. The summed E-state index contributed by atoms with van der Waals surface area (Å²) in [6.07, 6.45) is 3.47. The number of likely N-dealkylation sites (tertiary alicyclic amines) is 1. The normalized spacial score (nSPS) is 27.8. The molecule has 1 aromatic carbocycles. The molecule has 9 heteroatoms. The summed E-state index contributed by atoms with van der Waals surface area (Å²) in [5.41, 5.74) is 7.68. The third-order valence-corrected chi connectivity index (χ3v) is 7.36. The number of hydrogen-bond donors (Lipinski definition) is 2. The summed E-state index contributed by atoms with van der Waals surface area (Å²) >= 11 is 0. The van der Waals surface area contributed by atoms with E-state index in [0.717, 1.165) is 5.57 Å². The number of aliphatic hydroxyl groups is 1. The third kappa shape index (κ3) is 3.37. The number of primary amides is 1. The number of carbonyl (C=O) groups is 5. The molecule has 3 N–H and O–H groups in total. The molecule has 1 saturated heterocycles. The van der Waals surface area contributed by atoms with Gasteiger partial charge in [-0.05, 0) is 37.8 Å². The summed E-state index contributed by atoms with van der Waals surface area (Å²) in [4.78, 5) is 64.9. The van der Waals surface area contributed by atoms with Crippen LogP contribution in [-0.2, 0) is 19.2 Å². The Morgan fingerprint density at radius 3 is 2.60 bits per heavy atom. The number of aliphatic hydroxyl groups excluding tert-OH is 1. The Labute approximate surface area is 200 Å². The van der Waals surface area contributed by atoms with E-state index in [1.54, 1.807) is 31.2 Å². The van der Waals surface area contributed by atoms with Gasteiger partial charge in [0.2, 0.25) is 11.8 Å². The van der Waals surface area contributed by atoms with Crippen molar-refractivity contribution in [2.75, 3.05) is 13.2 Å². The van der Waals surface area contributed by atoms with Crippen LogP contribution < -0.4 is 10.5 Å². The summed E-state index contributed by atoms with van der Waals surface area (Å²) < 4.78 is 5.76. The largest absolute Gasteiger partial charge is 0.491 e. The minimum atomic E-state index is -1.12. The summed E-state index contributed by atoms with van der Waals surface area (Å²) in [6, 6.07) is 5.94. The van der Waals surface area contributed by atoms with Gasteiger partial charge in [-0.3, -0.25) is 19.2 Å². The van der Waals surface area contributed by atoms with Crippen molar-refractivity contribution in [3.8, 4) is 5.75 Å². The quantitative estimate of drug-likeness (QED) is 0.381. The van der Waals surface area contributed by atoms with Crippen molar-refractivity contribution >= 4 is 29.4 Å². The maximum atomic E-state index is 13.4. The van der Waals surface area contributed by atoms with E-state index in [9.17, 15) is 29.1 Å². The highest BCUT2D eigenvalue weighted by molar-refractivity contribution is 6.24. The Hall–Kier alpha value is -3.85. The zero-order valence-electron chi connectivity index (χ0n) is 19.0. The van der Waals surface area contributed by atoms with Gasteiger partial charge in [-0.15, -0.1) is 0 Å². The first kappa shape index (κ1) is 22.9. The molecule has 0 saturated carbocycles. The molecular formula is C26H24N2O7. The van der Waals surface area contributed by atoms with Gasteiger partial charge in [-0.1, -0.05) is 29.8 Å². The topological polar surface area (TPSA) is 144 Å². The van der Waals surface area contributed by atoms with E-state index in [0.29, 0.717) is 32.9 Å². The molecular weight excluding hydrogens is 452 g/mol. The molecule has 4 amide bonds. The number of rotatable bonds is 4. The van der Waals surface area contributed by atoms with Crippen LogP contribution in [0.1, 0.15) is 31.2 Å². The smallest absolute Gasteiger partial charge is 0.328 e. The number of para-hydroxylation sites is 1. The molecule has 0 aromatic heterocycles. The summed E-state index contributed by atoms with van der Waals surface area (Å²) in [6.45, 7) is 1.42. The summed E-state index contributed by atoms with van der Waals surface area (Å²) in [7, 11) is 0. The molecule has 5 rings (SSSR count). The first-order valence-corrected chi connectivity index (χ1v) is 11.5. The Balaban J connectivity index is 1.69. The molecule has 0 radical (unpaired) electrons. The molecule has 0 spiro atoms. The fraction of sp³-hybridized carbons (Fsp3) is 0.346. The van der Waals surface area contributed by atoms with Crippen LogP contribution in [0, 0.1) is 17.8 Å². The lowest BCUT2D eigenvalue weighted by molar-refractivity contribution is -0.136. The number of fused-ring (bicyclic) bond motifs is 3. The number of Topliss-reactive ketones (excluding diaryl/α,β-unsaturated/α-hetero) is 1. The van der Waals surface area contributed by atoms with E-state index in [1.807, 2.05) is 6.08 Å². The highest BCUT2D eigenvalue weighted by atomic mass is 16.5. The van der Waals surface area contributed by atoms with Crippen molar-refractivity contribution in [2.24, 2.45) is 23.5 Å². The number of allylic oxidation sites excluding steroid dienone is 6. The molecule has 4 aliphatic rings. The van der Waals surface area contributed by atoms with Crippen molar-refractivity contribution in [3.05, 3.63) is 64.3 Å². The molecule has 0 unspecified atom stereocenters. The van der Waals surface area contributed by atoms with Gasteiger partial charge in [0.05, 0.1) is 18.4 Å². The van der Waals surface area contributed by atoms with Crippen LogP contribution in [0.2, 0.25) is 0 Å². The molecule has 1 fully saturated rings. The minimum Gasteiger partial charge on any atom is -0.491 e. The first-order valence-electron chi connectivity index (χ1n) is 11.5. The lowest BCUT2D eigenvalue weighted by Gasteiger charge is -2.42. The molecule has 9 nitrogen and oxygen atoms in total. The molecule has 35 heavy (non-hydrogen) atoms. The second kappa shape index (κ2) is 8.42. The average Bonchev–Trinajstić information content (AvgIpc) is 3.10. The van der Waals surface area contributed by atoms with Gasteiger partial charge < -0.3 is 15.6 Å². The highest BCUT2D eigenvalue weighted by Crippen LogP contribution is 2.56. The van der Waals surface area contributed by atoms with E-state index in [1.165, 1.54) is 6.08 Å². The first-order chi connectivity index (χ1) is 16.8. The van der Waals surface area contributed by atoms with Crippen LogP contribution in [0.5, 0.6) is 5.75 Å².